The van der Waals surface area contributed by atoms with Gasteiger partial charge in [-0.1, -0.05) is 35.8 Å². The molecule has 0 atom stereocenters. The van der Waals surface area contributed by atoms with Crippen molar-refractivity contribution in [3.05, 3.63) is 46.1 Å². The SMILES string of the molecule is C=C(N)C(=O)OC(=O)c1cccc(Cl)c1Cl. The summed E-state index contributed by atoms with van der Waals surface area (Å²) in [5, 5.41) is 0.208. The second-order valence-electron chi connectivity index (χ2n) is 2.80. The minimum absolute atomic E-state index is 0.0104. The fraction of sp³-hybridized carbons (Fsp3) is 0. The summed E-state index contributed by atoms with van der Waals surface area (Å²) in [6, 6.07) is 4.39. The maximum Gasteiger partial charge on any atom is 0.361 e. The molecule has 0 aliphatic carbocycles. The average molecular weight is 260 g/mol. The predicted molar refractivity (Wildman–Crippen MR) is 60.2 cm³/mol. The molecule has 0 heterocycles. The van der Waals surface area contributed by atoms with Gasteiger partial charge in [0, 0.05) is 0 Å². The van der Waals surface area contributed by atoms with Crippen LogP contribution >= 0.6 is 23.2 Å². The normalized spacial score (nSPS) is 9.62. The number of esters is 2. The highest BCUT2D eigenvalue weighted by molar-refractivity contribution is 6.43. The van der Waals surface area contributed by atoms with E-state index in [1.54, 1.807) is 0 Å². The van der Waals surface area contributed by atoms with E-state index in [4.69, 9.17) is 28.9 Å². The molecule has 2 N–H and O–H groups in total. The van der Waals surface area contributed by atoms with Crippen LogP contribution in [0.4, 0.5) is 0 Å². The highest BCUT2D eigenvalue weighted by Gasteiger charge is 2.18. The van der Waals surface area contributed by atoms with Gasteiger partial charge in [0.15, 0.2) is 0 Å². The van der Waals surface area contributed by atoms with Gasteiger partial charge in [0.2, 0.25) is 0 Å². The van der Waals surface area contributed by atoms with E-state index in [1.165, 1.54) is 18.2 Å². The Labute approximate surface area is 102 Å². The predicted octanol–water partition coefficient (Wildman–Crippen LogP) is 2.15. The molecule has 16 heavy (non-hydrogen) atoms. The first-order chi connectivity index (χ1) is 7.43. The molecule has 1 rings (SSSR count). The third-order valence-corrected chi connectivity index (χ3v) is 2.44. The fourth-order valence-corrected chi connectivity index (χ4v) is 1.24. The first kappa shape index (κ1) is 12.5. The first-order valence-corrected chi connectivity index (χ1v) is 4.84. The Balaban J connectivity index is 2.94. The lowest BCUT2D eigenvalue weighted by Gasteiger charge is -2.04. The zero-order valence-electron chi connectivity index (χ0n) is 8.00. The van der Waals surface area contributed by atoms with Gasteiger partial charge < -0.3 is 10.5 Å². The van der Waals surface area contributed by atoms with E-state index in [9.17, 15) is 9.59 Å². The number of halogens is 2. The third-order valence-electron chi connectivity index (χ3n) is 1.62. The molecule has 0 bridgehead atoms. The lowest BCUT2D eigenvalue weighted by Crippen LogP contribution is -2.18. The average Bonchev–Trinajstić information content (AvgIpc) is 2.21. The number of nitrogens with two attached hydrogens (primary N) is 1. The van der Waals surface area contributed by atoms with Crippen LogP contribution in [-0.4, -0.2) is 11.9 Å². The van der Waals surface area contributed by atoms with Crippen LogP contribution in [0.2, 0.25) is 10.0 Å². The monoisotopic (exact) mass is 259 g/mol. The Kier molecular flexibility index (Phi) is 3.93. The first-order valence-electron chi connectivity index (χ1n) is 4.08. The smallest absolute Gasteiger partial charge is 0.361 e. The van der Waals surface area contributed by atoms with Crippen molar-refractivity contribution in [2.24, 2.45) is 5.73 Å². The highest BCUT2D eigenvalue weighted by Crippen LogP contribution is 2.26. The zero-order valence-corrected chi connectivity index (χ0v) is 9.51. The van der Waals surface area contributed by atoms with Crippen molar-refractivity contribution in [3.8, 4) is 0 Å². The van der Waals surface area contributed by atoms with E-state index in [0.29, 0.717) is 0 Å². The molecular formula is C10H7Cl2NO3. The summed E-state index contributed by atoms with van der Waals surface area (Å²) in [5.74, 6) is -1.94. The molecule has 4 nitrogen and oxygen atoms in total. The number of carbonyl (C=O) groups is 2. The van der Waals surface area contributed by atoms with Gasteiger partial charge in [-0.15, -0.1) is 0 Å². The molecule has 6 heteroatoms. The second kappa shape index (κ2) is 5.01. The lowest BCUT2D eigenvalue weighted by atomic mass is 10.2. The Morgan fingerprint density at radius 1 is 1.31 bits per heavy atom. The number of carbonyl (C=O) groups excluding carboxylic acids is 2. The lowest BCUT2D eigenvalue weighted by molar-refractivity contribution is -0.133. The quantitative estimate of drug-likeness (QED) is 0.502. The van der Waals surface area contributed by atoms with Gasteiger partial charge in [0.1, 0.15) is 5.70 Å². The topological polar surface area (TPSA) is 69.4 Å². The van der Waals surface area contributed by atoms with E-state index in [1.807, 2.05) is 0 Å². The van der Waals surface area contributed by atoms with Crippen molar-refractivity contribution in [2.45, 2.75) is 0 Å². The molecule has 1 aromatic rings. The van der Waals surface area contributed by atoms with Gasteiger partial charge >= 0.3 is 11.9 Å². The third kappa shape index (κ3) is 2.74. The molecule has 0 amide bonds. The van der Waals surface area contributed by atoms with Crippen LogP contribution in [0.1, 0.15) is 10.4 Å². The fourth-order valence-electron chi connectivity index (χ4n) is 0.866. The summed E-state index contributed by atoms with van der Waals surface area (Å²) in [6.45, 7) is 3.13. The summed E-state index contributed by atoms with van der Waals surface area (Å²) < 4.78 is 4.39. The molecule has 0 aliphatic rings. The number of ether oxygens (including phenoxy) is 1. The molecular weight excluding hydrogens is 253 g/mol. The maximum absolute atomic E-state index is 11.4. The molecule has 0 unspecified atom stereocenters. The second-order valence-corrected chi connectivity index (χ2v) is 3.59. The van der Waals surface area contributed by atoms with Crippen LogP contribution in [0.3, 0.4) is 0 Å². The summed E-state index contributed by atoms with van der Waals surface area (Å²) in [7, 11) is 0. The van der Waals surface area contributed by atoms with Crippen molar-refractivity contribution in [2.75, 3.05) is 0 Å². The van der Waals surface area contributed by atoms with Crippen molar-refractivity contribution >= 4 is 35.1 Å². The Morgan fingerprint density at radius 3 is 2.50 bits per heavy atom. The van der Waals surface area contributed by atoms with Gasteiger partial charge in [0.25, 0.3) is 0 Å². The summed E-state index contributed by atoms with van der Waals surface area (Å²) >= 11 is 11.4. The molecule has 0 aromatic heterocycles. The van der Waals surface area contributed by atoms with E-state index in [0.717, 1.165) is 0 Å². The van der Waals surface area contributed by atoms with Crippen LogP contribution in [0.5, 0.6) is 0 Å². The van der Waals surface area contributed by atoms with Gasteiger partial charge in [-0.25, -0.2) is 9.59 Å². The number of hydrogen-bond donors (Lipinski definition) is 1. The molecule has 0 fully saturated rings. The minimum Gasteiger partial charge on any atom is -0.393 e. The number of hydrogen-bond acceptors (Lipinski definition) is 4. The molecule has 1 aromatic carbocycles. The van der Waals surface area contributed by atoms with Crippen LogP contribution in [0.15, 0.2) is 30.5 Å². The molecule has 0 saturated carbocycles. The summed E-state index contributed by atoms with van der Waals surface area (Å²) in [4.78, 5) is 22.4. The maximum atomic E-state index is 11.4. The van der Waals surface area contributed by atoms with E-state index in [2.05, 4.69) is 11.3 Å². The highest BCUT2D eigenvalue weighted by atomic mass is 35.5. The summed E-state index contributed by atoms with van der Waals surface area (Å²) in [6.07, 6.45) is 0. The van der Waals surface area contributed by atoms with Crippen LogP contribution in [0.25, 0.3) is 0 Å². The van der Waals surface area contributed by atoms with E-state index >= 15 is 0 Å². The zero-order chi connectivity index (χ0) is 12.3. The van der Waals surface area contributed by atoms with Crippen LogP contribution in [-0.2, 0) is 9.53 Å². The van der Waals surface area contributed by atoms with Gasteiger partial charge in [-0.3, -0.25) is 0 Å². The van der Waals surface area contributed by atoms with Crippen LogP contribution < -0.4 is 5.73 Å². The number of benzene rings is 1. The van der Waals surface area contributed by atoms with Crippen molar-refractivity contribution < 1.29 is 14.3 Å². The molecule has 0 saturated heterocycles. The van der Waals surface area contributed by atoms with Crippen molar-refractivity contribution in [1.82, 2.24) is 0 Å². The standard InChI is InChI=1S/C10H7Cl2NO3/c1-5(13)9(14)16-10(15)6-3-2-4-7(11)8(6)12/h2-4H,1,13H2. The summed E-state index contributed by atoms with van der Waals surface area (Å²) in [5.41, 5.74) is 4.67. The number of rotatable bonds is 2. The Morgan fingerprint density at radius 2 is 1.94 bits per heavy atom. The van der Waals surface area contributed by atoms with Crippen LogP contribution in [0, 0.1) is 0 Å². The van der Waals surface area contributed by atoms with E-state index < -0.39 is 11.9 Å². The van der Waals surface area contributed by atoms with Gasteiger partial charge in [-0.2, -0.15) is 0 Å². The Bertz CT molecular complexity index is 471. The molecule has 0 radical (unpaired) electrons. The van der Waals surface area contributed by atoms with Gasteiger partial charge in [-0.05, 0) is 12.1 Å². The molecule has 84 valence electrons. The molecule has 0 spiro atoms. The van der Waals surface area contributed by atoms with Gasteiger partial charge in [0.05, 0.1) is 15.6 Å². The largest absolute Gasteiger partial charge is 0.393 e. The Hall–Kier alpha value is -1.52. The minimum atomic E-state index is -1.01. The molecule has 0 aliphatic heterocycles. The van der Waals surface area contributed by atoms with Crippen molar-refractivity contribution in [3.63, 3.8) is 0 Å². The van der Waals surface area contributed by atoms with Crippen molar-refractivity contribution in [1.29, 1.82) is 0 Å². The van der Waals surface area contributed by atoms with E-state index in [-0.39, 0.29) is 21.3 Å².